The van der Waals surface area contributed by atoms with Crippen molar-refractivity contribution in [2.24, 2.45) is 0 Å². The molecule has 0 aliphatic rings. The van der Waals surface area contributed by atoms with Gasteiger partial charge in [0.2, 0.25) is 5.50 Å². The number of carboxylic acids is 1. The molecule has 70 valence electrons. The van der Waals surface area contributed by atoms with E-state index in [0.29, 0.717) is 21.7 Å². The van der Waals surface area contributed by atoms with Gasteiger partial charge in [-0.1, -0.05) is 35.5 Å². The third-order valence-corrected chi connectivity index (χ3v) is 2.72. The molecular weight excluding hydrogens is 215 g/mol. The molecule has 0 radical (unpaired) electrons. The first-order valence-corrected chi connectivity index (χ1v) is 4.65. The molecule has 1 atom stereocenters. The summed E-state index contributed by atoms with van der Waals surface area (Å²) in [7, 11) is 0. The van der Waals surface area contributed by atoms with Crippen LogP contribution in [0.2, 0.25) is 5.02 Å². The van der Waals surface area contributed by atoms with Crippen molar-refractivity contribution in [3.63, 3.8) is 0 Å². The smallest absolute Gasteiger partial charge is 0.349 e. The molecule has 1 unspecified atom stereocenters. The maximum absolute atomic E-state index is 12.7. The molecule has 0 spiro atoms. The van der Waals surface area contributed by atoms with Crippen molar-refractivity contribution in [3.05, 3.63) is 29.3 Å². The molecule has 1 aromatic carbocycles. The number of hydrogen-bond acceptors (Lipinski definition) is 2. The van der Waals surface area contributed by atoms with E-state index in [1.54, 1.807) is 24.3 Å². The number of benzene rings is 1. The van der Waals surface area contributed by atoms with Gasteiger partial charge < -0.3 is 5.11 Å². The highest BCUT2D eigenvalue weighted by molar-refractivity contribution is 8.00. The fourth-order valence-corrected chi connectivity index (χ4v) is 1.63. The van der Waals surface area contributed by atoms with E-state index in [1.807, 2.05) is 0 Å². The number of thioether (sulfide) groups is 1. The maximum atomic E-state index is 12.7. The molecule has 0 fully saturated rings. The summed E-state index contributed by atoms with van der Waals surface area (Å²) in [4.78, 5) is 10.6. The Hall–Kier alpha value is -0.740. The van der Waals surface area contributed by atoms with E-state index < -0.39 is 11.5 Å². The molecule has 1 rings (SSSR count). The third kappa shape index (κ3) is 2.90. The fraction of sp³-hybridized carbons (Fsp3) is 0.125. The summed E-state index contributed by atoms with van der Waals surface area (Å²) in [5.41, 5.74) is -1.97. The van der Waals surface area contributed by atoms with Crippen LogP contribution in [0.1, 0.15) is 0 Å². The van der Waals surface area contributed by atoms with E-state index in [2.05, 4.69) is 0 Å². The zero-order valence-electron chi connectivity index (χ0n) is 6.41. The van der Waals surface area contributed by atoms with Crippen LogP contribution in [0.3, 0.4) is 0 Å². The van der Waals surface area contributed by atoms with Gasteiger partial charge in [-0.2, -0.15) is 0 Å². The van der Waals surface area contributed by atoms with E-state index in [0.717, 1.165) is 0 Å². The highest BCUT2D eigenvalue weighted by atomic mass is 35.5. The summed E-state index contributed by atoms with van der Waals surface area (Å²) < 4.78 is 12.7. The van der Waals surface area contributed by atoms with Gasteiger partial charge in [0, 0.05) is 4.90 Å². The molecule has 0 aliphatic heterocycles. The van der Waals surface area contributed by atoms with E-state index in [4.69, 9.17) is 16.7 Å². The normalized spacial score (nSPS) is 12.5. The summed E-state index contributed by atoms with van der Waals surface area (Å²) in [5, 5.41) is 8.65. The Morgan fingerprint density at radius 2 is 2.15 bits per heavy atom. The van der Waals surface area contributed by atoms with Crippen LogP contribution in [-0.2, 0) is 4.79 Å². The number of aliphatic carboxylic acids is 1. The molecule has 1 aromatic rings. The van der Waals surface area contributed by atoms with Crippen molar-refractivity contribution in [1.82, 2.24) is 0 Å². The average molecular weight is 221 g/mol. The van der Waals surface area contributed by atoms with Crippen LogP contribution < -0.4 is 0 Å². The Morgan fingerprint density at radius 3 is 2.69 bits per heavy atom. The Kier molecular flexibility index (Phi) is 3.57. The lowest BCUT2D eigenvalue weighted by atomic mass is 10.4. The number of rotatable bonds is 3. The SMILES string of the molecule is O=C(O)C(F)Sc1ccccc1Cl. The lowest BCUT2D eigenvalue weighted by molar-refractivity contribution is -0.139. The van der Waals surface area contributed by atoms with Gasteiger partial charge in [0.15, 0.2) is 0 Å². The summed E-state index contributed by atoms with van der Waals surface area (Å²) >= 11 is 6.27. The minimum atomic E-state index is -1.97. The zero-order valence-corrected chi connectivity index (χ0v) is 7.98. The van der Waals surface area contributed by atoms with Crippen LogP contribution in [-0.4, -0.2) is 16.6 Å². The molecule has 0 heterocycles. The summed E-state index contributed by atoms with van der Waals surface area (Å²) in [6.07, 6.45) is 0. The van der Waals surface area contributed by atoms with Crippen molar-refractivity contribution < 1.29 is 14.3 Å². The van der Waals surface area contributed by atoms with Gasteiger partial charge in [-0.3, -0.25) is 0 Å². The van der Waals surface area contributed by atoms with Crippen molar-refractivity contribution in [2.75, 3.05) is 0 Å². The number of carboxylic acid groups (broad SMARTS) is 1. The van der Waals surface area contributed by atoms with E-state index in [9.17, 15) is 9.18 Å². The standard InChI is InChI=1S/C8H6ClFO2S/c9-5-3-1-2-4-6(5)13-7(10)8(11)12/h1-4,7H,(H,11,12). The molecule has 1 N–H and O–H groups in total. The number of hydrogen-bond donors (Lipinski definition) is 1. The highest BCUT2D eigenvalue weighted by Gasteiger charge is 2.17. The number of alkyl halides is 1. The first kappa shape index (κ1) is 10.3. The van der Waals surface area contributed by atoms with E-state index in [1.165, 1.54) is 0 Å². The van der Waals surface area contributed by atoms with Gasteiger partial charge in [0.05, 0.1) is 5.02 Å². The van der Waals surface area contributed by atoms with Crippen molar-refractivity contribution in [3.8, 4) is 0 Å². The second-order valence-electron chi connectivity index (χ2n) is 2.20. The number of halogens is 2. The predicted octanol–water partition coefficient (Wildman–Crippen LogP) is 2.81. The predicted molar refractivity (Wildman–Crippen MR) is 49.8 cm³/mol. The summed E-state index contributed by atoms with van der Waals surface area (Å²) in [6, 6.07) is 6.52. The quantitative estimate of drug-likeness (QED) is 0.796. The first-order chi connectivity index (χ1) is 6.11. The van der Waals surface area contributed by atoms with Crippen LogP contribution in [0.5, 0.6) is 0 Å². The second kappa shape index (κ2) is 4.48. The van der Waals surface area contributed by atoms with Crippen molar-refractivity contribution in [2.45, 2.75) is 10.4 Å². The van der Waals surface area contributed by atoms with Gasteiger partial charge in [-0.25, -0.2) is 9.18 Å². The van der Waals surface area contributed by atoms with Gasteiger partial charge >= 0.3 is 5.97 Å². The van der Waals surface area contributed by atoms with E-state index >= 15 is 0 Å². The molecule has 13 heavy (non-hydrogen) atoms. The second-order valence-corrected chi connectivity index (χ2v) is 3.70. The van der Waals surface area contributed by atoms with Gasteiger partial charge in [-0.05, 0) is 12.1 Å². The van der Waals surface area contributed by atoms with Crippen LogP contribution >= 0.6 is 23.4 Å². The monoisotopic (exact) mass is 220 g/mol. The minimum Gasteiger partial charge on any atom is -0.478 e. The molecule has 2 nitrogen and oxygen atoms in total. The van der Waals surface area contributed by atoms with E-state index in [-0.39, 0.29) is 0 Å². The largest absolute Gasteiger partial charge is 0.478 e. The zero-order chi connectivity index (χ0) is 9.84. The van der Waals surface area contributed by atoms with Gasteiger partial charge in [0.1, 0.15) is 0 Å². The van der Waals surface area contributed by atoms with Crippen molar-refractivity contribution in [1.29, 1.82) is 0 Å². The third-order valence-electron chi connectivity index (χ3n) is 1.26. The van der Waals surface area contributed by atoms with Crippen LogP contribution in [0.15, 0.2) is 29.2 Å². The molecule has 0 saturated carbocycles. The molecule has 0 aromatic heterocycles. The molecule has 0 aliphatic carbocycles. The van der Waals surface area contributed by atoms with Gasteiger partial charge in [-0.15, -0.1) is 0 Å². The fourth-order valence-electron chi connectivity index (χ4n) is 0.702. The maximum Gasteiger partial charge on any atom is 0.349 e. The minimum absolute atomic E-state index is 0.358. The Balaban J connectivity index is 2.74. The highest BCUT2D eigenvalue weighted by Crippen LogP contribution is 2.30. The van der Waals surface area contributed by atoms with Crippen molar-refractivity contribution >= 4 is 29.3 Å². The van der Waals surface area contributed by atoms with Crippen LogP contribution in [0.4, 0.5) is 4.39 Å². The average Bonchev–Trinajstić information content (AvgIpc) is 2.08. The van der Waals surface area contributed by atoms with Crippen LogP contribution in [0.25, 0.3) is 0 Å². The van der Waals surface area contributed by atoms with Crippen LogP contribution in [0, 0.1) is 0 Å². The Labute approximate surface area is 83.7 Å². The Bertz CT molecular complexity index is 319. The van der Waals surface area contributed by atoms with Gasteiger partial charge in [0.25, 0.3) is 0 Å². The molecular formula is C8H6ClFO2S. The topological polar surface area (TPSA) is 37.3 Å². The number of carbonyl (C=O) groups is 1. The molecule has 0 amide bonds. The lowest BCUT2D eigenvalue weighted by Crippen LogP contribution is -2.09. The molecule has 5 heteroatoms. The lowest BCUT2D eigenvalue weighted by Gasteiger charge is -2.03. The Morgan fingerprint density at radius 1 is 1.54 bits per heavy atom. The molecule has 0 bridgehead atoms. The summed E-state index contributed by atoms with van der Waals surface area (Å²) in [6.45, 7) is 0. The summed E-state index contributed by atoms with van der Waals surface area (Å²) in [5.74, 6) is -1.50. The molecule has 0 saturated heterocycles. The first-order valence-electron chi connectivity index (χ1n) is 3.39.